The van der Waals surface area contributed by atoms with Crippen LogP contribution in [0.3, 0.4) is 0 Å². The quantitative estimate of drug-likeness (QED) is 0.566. The largest absolute Gasteiger partial charge is 0.403 e. The molecular weight excluding hydrogens is 144 g/mol. The van der Waals surface area contributed by atoms with Crippen LogP contribution in [0.2, 0.25) is 0 Å². The lowest BCUT2D eigenvalue weighted by molar-refractivity contribution is -0.128. The molecule has 62 valence electrons. The van der Waals surface area contributed by atoms with Gasteiger partial charge in [-0.1, -0.05) is 0 Å². The van der Waals surface area contributed by atoms with E-state index in [4.69, 9.17) is 5.73 Å². The predicted molar refractivity (Wildman–Crippen MR) is 41.4 cm³/mol. The van der Waals surface area contributed by atoms with Crippen LogP contribution in [0.25, 0.3) is 0 Å². The Balaban J connectivity index is 4.54. The fourth-order valence-corrected chi connectivity index (χ4v) is 0.635. The van der Waals surface area contributed by atoms with Crippen molar-refractivity contribution in [2.75, 3.05) is 7.05 Å². The summed E-state index contributed by atoms with van der Waals surface area (Å²) in [5, 5.41) is 0. The van der Waals surface area contributed by atoms with E-state index in [1.54, 1.807) is 0 Å². The van der Waals surface area contributed by atoms with Gasteiger partial charge in [0.25, 0.3) is 0 Å². The highest BCUT2D eigenvalue weighted by atomic mass is 16.2. The molecule has 0 unspecified atom stereocenters. The van der Waals surface area contributed by atoms with E-state index in [9.17, 15) is 9.59 Å². The molecule has 0 heterocycles. The zero-order valence-corrected chi connectivity index (χ0v) is 6.92. The van der Waals surface area contributed by atoms with Crippen molar-refractivity contribution >= 4 is 11.7 Å². The number of hydrogen-bond acceptors (Lipinski definition) is 3. The molecule has 4 heteroatoms. The van der Waals surface area contributed by atoms with Gasteiger partial charge < -0.3 is 10.6 Å². The molecule has 0 aromatic heterocycles. The Labute approximate surface area is 65.7 Å². The van der Waals surface area contributed by atoms with Crippen molar-refractivity contribution in [2.45, 2.75) is 13.8 Å². The van der Waals surface area contributed by atoms with Crippen molar-refractivity contribution < 1.29 is 9.59 Å². The summed E-state index contributed by atoms with van der Waals surface area (Å²) in [6, 6.07) is 0. The predicted octanol–water partition coefficient (Wildman–Crippen LogP) is -0.146. The molecule has 0 aromatic rings. The van der Waals surface area contributed by atoms with Crippen molar-refractivity contribution in [3.05, 3.63) is 11.9 Å². The molecule has 11 heavy (non-hydrogen) atoms. The standard InChI is InChI=1S/C7H12N2O2/c1-5(10)7(4-8)9(3)6(2)11/h4H,8H2,1-3H3/b7-4+. The Morgan fingerprint density at radius 3 is 1.91 bits per heavy atom. The first-order valence-electron chi connectivity index (χ1n) is 3.17. The Bertz CT molecular complexity index is 208. The van der Waals surface area contributed by atoms with Crippen LogP contribution >= 0.6 is 0 Å². The number of hydrogen-bond donors (Lipinski definition) is 1. The summed E-state index contributed by atoms with van der Waals surface area (Å²) < 4.78 is 0. The SMILES string of the molecule is CC(=O)/C(=C\N)N(C)C(C)=O. The Hall–Kier alpha value is -1.32. The number of Topliss-reactive ketones (excluding diaryl/α,β-unsaturated/α-hetero) is 1. The number of rotatable bonds is 2. The fraction of sp³-hybridized carbons (Fsp3) is 0.429. The fourth-order valence-electron chi connectivity index (χ4n) is 0.635. The van der Waals surface area contributed by atoms with E-state index < -0.39 is 0 Å². The lowest BCUT2D eigenvalue weighted by atomic mass is 10.3. The number of nitrogens with two attached hydrogens (primary N) is 1. The van der Waals surface area contributed by atoms with Crippen LogP contribution in [0.5, 0.6) is 0 Å². The van der Waals surface area contributed by atoms with E-state index in [0.29, 0.717) is 0 Å². The first-order valence-corrected chi connectivity index (χ1v) is 3.17. The van der Waals surface area contributed by atoms with Crippen molar-refractivity contribution in [3.8, 4) is 0 Å². The van der Waals surface area contributed by atoms with E-state index in [0.717, 1.165) is 6.20 Å². The highest BCUT2D eigenvalue weighted by Gasteiger charge is 2.11. The van der Waals surface area contributed by atoms with Crippen molar-refractivity contribution in [1.29, 1.82) is 0 Å². The number of ketones is 1. The van der Waals surface area contributed by atoms with E-state index in [2.05, 4.69) is 0 Å². The number of carbonyl (C=O) groups is 2. The Morgan fingerprint density at radius 1 is 1.36 bits per heavy atom. The maximum atomic E-state index is 10.8. The number of likely N-dealkylation sites (N-methyl/N-ethyl adjacent to an activating group) is 1. The molecule has 0 aromatic carbocycles. The third-order valence-corrected chi connectivity index (χ3v) is 1.35. The van der Waals surface area contributed by atoms with Gasteiger partial charge in [-0.3, -0.25) is 9.59 Å². The number of amides is 1. The van der Waals surface area contributed by atoms with Gasteiger partial charge in [0.05, 0.1) is 0 Å². The molecular formula is C7H12N2O2. The average molecular weight is 156 g/mol. The number of allylic oxidation sites excluding steroid dienone is 1. The van der Waals surface area contributed by atoms with Crippen molar-refractivity contribution in [1.82, 2.24) is 4.90 Å². The van der Waals surface area contributed by atoms with Gasteiger partial charge in [0, 0.05) is 27.1 Å². The second kappa shape index (κ2) is 3.75. The minimum absolute atomic E-state index is 0.211. The summed E-state index contributed by atoms with van der Waals surface area (Å²) in [6.07, 6.45) is 1.13. The van der Waals surface area contributed by atoms with E-state index in [1.807, 2.05) is 0 Å². The monoisotopic (exact) mass is 156 g/mol. The minimum atomic E-state index is -0.217. The summed E-state index contributed by atoms with van der Waals surface area (Å²) in [4.78, 5) is 22.7. The molecule has 0 bridgehead atoms. The highest BCUT2D eigenvalue weighted by Crippen LogP contribution is 2.00. The normalized spacial score (nSPS) is 11.0. The van der Waals surface area contributed by atoms with Gasteiger partial charge in [-0.15, -0.1) is 0 Å². The van der Waals surface area contributed by atoms with Crippen LogP contribution in [0.1, 0.15) is 13.8 Å². The van der Waals surface area contributed by atoms with Gasteiger partial charge in [0.2, 0.25) is 5.91 Å². The lowest BCUT2D eigenvalue weighted by Gasteiger charge is -2.15. The molecule has 0 saturated carbocycles. The molecule has 0 aliphatic carbocycles. The third kappa shape index (κ3) is 2.41. The minimum Gasteiger partial charge on any atom is -0.403 e. The molecule has 4 nitrogen and oxygen atoms in total. The number of carbonyl (C=O) groups excluding carboxylic acids is 2. The summed E-state index contributed by atoms with van der Waals surface area (Å²) >= 11 is 0. The maximum absolute atomic E-state index is 10.8. The van der Waals surface area contributed by atoms with Gasteiger partial charge in [-0.25, -0.2) is 0 Å². The lowest BCUT2D eigenvalue weighted by Crippen LogP contribution is -2.27. The van der Waals surface area contributed by atoms with Crippen molar-refractivity contribution in [2.24, 2.45) is 5.73 Å². The smallest absolute Gasteiger partial charge is 0.223 e. The molecule has 0 aliphatic heterocycles. The highest BCUT2D eigenvalue weighted by molar-refractivity contribution is 5.96. The summed E-state index contributed by atoms with van der Waals surface area (Å²) in [7, 11) is 1.50. The molecule has 0 saturated heterocycles. The van der Waals surface area contributed by atoms with E-state index >= 15 is 0 Å². The van der Waals surface area contributed by atoms with E-state index in [1.165, 1.54) is 25.8 Å². The maximum Gasteiger partial charge on any atom is 0.223 e. The van der Waals surface area contributed by atoms with Crippen LogP contribution in [0.15, 0.2) is 11.9 Å². The van der Waals surface area contributed by atoms with Gasteiger partial charge in [-0.05, 0) is 0 Å². The molecule has 0 fully saturated rings. The zero-order chi connectivity index (χ0) is 9.02. The first-order chi connectivity index (χ1) is 5.00. The van der Waals surface area contributed by atoms with Gasteiger partial charge in [0.1, 0.15) is 5.70 Å². The summed E-state index contributed by atoms with van der Waals surface area (Å²) in [6.45, 7) is 2.73. The Morgan fingerprint density at radius 2 is 1.82 bits per heavy atom. The average Bonchev–Trinajstić information content (AvgIpc) is 1.88. The van der Waals surface area contributed by atoms with Gasteiger partial charge in [-0.2, -0.15) is 0 Å². The second-order valence-corrected chi connectivity index (χ2v) is 2.19. The summed E-state index contributed by atoms with van der Waals surface area (Å²) in [5.41, 5.74) is 5.36. The molecule has 0 rings (SSSR count). The van der Waals surface area contributed by atoms with Crippen molar-refractivity contribution in [3.63, 3.8) is 0 Å². The van der Waals surface area contributed by atoms with Crippen LogP contribution in [0, 0.1) is 0 Å². The molecule has 0 radical (unpaired) electrons. The topological polar surface area (TPSA) is 63.4 Å². The van der Waals surface area contributed by atoms with Crippen LogP contribution < -0.4 is 5.73 Å². The molecule has 0 atom stereocenters. The van der Waals surface area contributed by atoms with Crippen LogP contribution in [-0.2, 0) is 9.59 Å². The second-order valence-electron chi connectivity index (χ2n) is 2.19. The third-order valence-electron chi connectivity index (χ3n) is 1.35. The zero-order valence-electron chi connectivity index (χ0n) is 6.92. The van der Waals surface area contributed by atoms with Crippen LogP contribution in [0.4, 0.5) is 0 Å². The van der Waals surface area contributed by atoms with Gasteiger partial charge in [0.15, 0.2) is 5.78 Å². The van der Waals surface area contributed by atoms with Crippen LogP contribution in [-0.4, -0.2) is 23.6 Å². The molecule has 2 N–H and O–H groups in total. The van der Waals surface area contributed by atoms with Gasteiger partial charge >= 0.3 is 0 Å². The first kappa shape index (κ1) is 9.68. The van der Waals surface area contributed by atoms with E-state index in [-0.39, 0.29) is 17.4 Å². The number of nitrogens with zero attached hydrogens (tertiary/aromatic N) is 1. The molecule has 0 spiro atoms. The molecule has 1 amide bonds. The Kier molecular flexibility index (Phi) is 3.30. The summed E-state index contributed by atoms with van der Waals surface area (Å²) in [5.74, 6) is -0.429. The molecule has 0 aliphatic rings.